The van der Waals surface area contributed by atoms with E-state index >= 15 is 0 Å². The summed E-state index contributed by atoms with van der Waals surface area (Å²) in [6.45, 7) is 8.65. The second-order valence-corrected chi connectivity index (χ2v) is 4.69. The van der Waals surface area contributed by atoms with Gasteiger partial charge in [0.1, 0.15) is 0 Å². The molecule has 1 rings (SSSR count). The molecule has 1 N–H and O–H groups in total. The predicted octanol–water partition coefficient (Wildman–Crippen LogP) is 1.83. The van der Waals surface area contributed by atoms with E-state index in [1.807, 2.05) is 6.92 Å². The van der Waals surface area contributed by atoms with Crippen molar-refractivity contribution in [1.82, 2.24) is 4.90 Å². The molecule has 0 aromatic carbocycles. The van der Waals surface area contributed by atoms with Crippen molar-refractivity contribution >= 4 is 5.97 Å². The number of nitrogens with zero attached hydrogens (tertiary/aromatic N) is 1. The zero-order chi connectivity index (χ0) is 10.7. The van der Waals surface area contributed by atoms with E-state index in [0.29, 0.717) is 5.92 Å². The lowest BCUT2D eigenvalue weighted by atomic mass is 9.88. The second kappa shape index (κ2) is 4.78. The van der Waals surface area contributed by atoms with Crippen LogP contribution in [0.25, 0.3) is 0 Å². The second-order valence-electron chi connectivity index (χ2n) is 4.69. The molecular weight excluding hydrogens is 178 g/mol. The van der Waals surface area contributed by atoms with E-state index in [-0.39, 0.29) is 12.5 Å². The molecule has 0 bridgehead atoms. The molecular formula is C11H21NO2. The van der Waals surface area contributed by atoms with E-state index in [0.717, 1.165) is 19.0 Å². The van der Waals surface area contributed by atoms with Gasteiger partial charge in [-0.15, -0.1) is 0 Å². The molecule has 3 nitrogen and oxygen atoms in total. The first-order chi connectivity index (χ1) is 6.50. The summed E-state index contributed by atoms with van der Waals surface area (Å²) in [6, 6.07) is 0.183. The highest BCUT2D eigenvalue weighted by molar-refractivity contribution is 5.67. The van der Waals surface area contributed by atoms with Crippen molar-refractivity contribution in [1.29, 1.82) is 0 Å². The molecule has 3 heteroatoms. The molecule has 0 radical (unpaired) electrons. The van der Waals surface area contributed by atoms with E-state index in [2.05, 4.69) is 18.7 Å². The number of aliphatic carboxylic acids is 1. The van der Waals surface area contributed by atoms with Gasteiger partial charge >= 0.3 is 5.97 Å². The molecule has 1 heterocycles. The molecule has 3 unspecified atom stereocenters. The molecule has 0 aromatic rings. The summed E-state index contributed by atoms with van der Waals surface area (Å²) < 4.78 is 0. The smallest absolute Gasteiger partial charge is 0.304 e. The Balaban J connectivity index is 2.41. The fourth-order valence-electron chi connectivity index (χ4n) is 2.08. The quantitative estimate of drug-likeness (QED) is 0.754. The summed E-state index contributed by atoms with van der Waals surface area (Å²) in [7, 11) is 0. The average Bonchev–Trinajstić information content (AvgIpc) is 2.08. The van der Waals surface area contributed by atoms with Crippen molar-refractivity contribution in [3.63, 3.8) is 0 Å². The summed E-state index contributed by atoms with van der Waals surface area (Å²) in [5.74, 6) is 0.784. The van der Waals surface area contributed by atoms with Crippen LogP contribution in [0.3, 0.4) is 0 Å². The molecule has 14 heavy (non-hydrogen) atoms. The van der Waals surface area contributed by atoms with Gasteiger partial charge in [0.15, 0.2) is 0 Å². The van der Waals surface area contributed by atoms with Gasteiger partial charge < -0.3 is 5.11 Å². The molecule has 1 saturated heterocycles. The largest absolute Gasteiger partial charge is 0.481 e. The van der Waals surface area contributed by atoms with Gasteiger partial charge in [-0.05, 0) is 31.7 Å². The first-order valence-corrected chi connectivity index (χ1v) is 5.46. The number of carbonyl (C=O) groups is 1. The molecule has 0 aromatic heterocycles. The Morgan fingerprint density at radius 1 is 1.50 bits per heavy atom. The van der Waals surface area contributed by atoms with Crippen molar-refractivity contribution in [2.24, 2.45) is 11.8 Å². The van der Waals surface area contributed by atoms with E-state index in [9.17, 15) is 4.79 Å². The highest BCUT2D eigenvalue weighted by Gasteiger charge is 2.26. The standard InChI is InChI=1S/C11H21NO2/c1-8-4-5-12(7-9(8)2)10(3)6-11(13)14/h8-10H,4-7H2,1-3H3,(H,13,14). The van der Waals surface area contributed by atoms with Crippen molar-refractivity contribution in [2.75, 3.05) is 13.1 Å². The van der Waals surface area contributed by atoms with Crippen molar-refractivity contribution < 1.29 is 9.90 Å². The van der Waals surface area contributed by atoms with Gasteiger partial charge in [-0.1, -0.05) is 13.8 Å². The number of rotatable bonds is 3. The lowest BCUT2D eigenvalue weighted by molar-refractivity contribution is -0.138. The van der Waals surface area contributed by atoms with Crippen LogP contribution in [-0.2, 0) is 4.79 Å². The lowest BCUT2D eigenvalue weighted by Gasteiger charge is -2.38. The maximum atomic E-state index is 10.6. The Bertz CT molecular complexity index is 205. The normalized spacial score (nSPS) is 31.4. The molecule has 1 fully saturated rings. The van der Waals surface area contributed by atoms with Gasteiger partial charge in [0.05, 0.1) is 6.42 Å². The van der Waals surface area contributed by atoms with Crippen LogP contribution >= 0.6 is 0 Å². The van der Waals surface area contributed by atoms with Gasteiger partial charge in [-0.2, -0.15) is 0 Å². The van der Waals surface area contributed by atoms with Crippen LogP contribution in [0.4, 0.5) is 0 Å². The van der Waals surface area contributed by atoms with Crippen LogP contribution in [0.15, 0.2) is 0 Å². The fraction of sp³-hybridized carbons (Fsp3) is 0.909. The molecule has 1 aliphatic rings. The first-order valence-electron chi connectivity index (χ1n) is 5.46. The third-order valence-corrected chi connectivity index (χ3v) is 3.46. The predicted molar refractivity (Wildman–Crippen MR) is 56.2 cm³/mol. The number of piperidine rings is 1. The minimum absolute atomic E-state index is 0.183. The zero-order valence-corrected chi connectivity index (χ0v) is 9.36. The Morgan fingerprint density at radius 2 is 2.14 bits per heavy atom. The number of hydrogen-bond acceptors (Lipinski definition) is 2. The Labute approximate surface area is 86.1 Å². The van der Waals surface area contributed by atoms with E-state index in [1.165, 1.54) is 6.42 Å². The van der Waals surface area contributed by atoms with Crippen LogP contribution in [-0.4, -0.2) is 35.1 Å². The summed E-state index contributed by atoms with van der Waals surface area (Å²) in [6.07, 6.45) is 1.46. The Morgan fingerprint density at radius 3 is 2.64 bits per heavy atom. The van der Waals surface area contributed by atoms with Gasteiger partial charge in [0, 0.05) is 12.6 Å². The van der Waals surface area contributed by atoms with Crippen LogP contribution in [0.5, 0.6) is 0 Å². The van der Waals surface area contributed by atoms with E-state index in [1.54, 1.807) is 0 Å². The highest BCUT2D eigenvalue weighted by atomic mass is 16.4. The molecule has 0 amide bonds. The Kier molecular flexibility index (Phi) is 3.93. The molecule has 1 aliphatic heterocycles. The van der Waals surface area contributed by atoms with Crippen LogP contribution in [0, 0.1) is 11.8 Å². The monoisotopic (exact) mass is 199 g/mol. The van der Waals surface area contributed by atoms with Crippen LogP contribution in [0.2, 0.25) is 0 Å². The van der Waals surface area contributed by atoms with E-state index in [4.69, 9.17) is 5.11 Å². The fourth-order valence-corrected chi connectivity index (χ4v) is 2.08. The summed E-state index contributed by atoms with van der Waals surface area (Å²) in [4.78, 5) is 12.9. The summed E-state index contributed by atoms with van der Waals surface area (Å²) in [5, 5.41) is 8.71. The maximum absolute atomic E-state index is 10.6. The molecule has 82 valence electrons. The molecule has 0 aliphatic carbocycles. The summed E-state index contributed by atoms with van der Waals surface area (Å²) in [5.41, 5.74) is 0. The number of carboxylic acid groups (broad SMARTS) is 1. The molecule has 0 saturated carbocycles. The van der Waals surface area contributed by atoms with Crippen molar-refractivity contribution in [3.8, 4) is 0 Å². The summed E-state index contributed by atoms with van der Waals surface area (Å²) >= 11 is 0. The molecule has 3 atom stereocenters. The van der Waals surface area contributed by atoms with Gasteiger partial charge in [-0.3, -0.25) is 9.69 Å². The van der Waals surface area contributed by atoms with Gasteiger partial charge in [0.25, 0.3) is 0 Å². The van der Waals surface area contributed by atoms with Gasteiger partial charge in [0.2, 0.25) is 0 Å². The van der Waals surface area contributed by atoms with Crippen LogP contribution < -0.4 is 0 Å². The number of hydrogen-bond donors (Lipinski definition) is 1. The van der Waals surface area contributed by atoms with Crippen LogP contribution in [0.1, 0.15) is 33.6 Å². The van der Waals surface area contributed by atoms with E-state index < -0.39 is 5.97 Å². The third-order valence-electron chi connectivity index (χ3n) is 3.46. The minimum atomic E-state index is -0.691. The third kappa shape index (κ3) is 2.98. The molecule has 0 spiro atoms. The lowest BCUT2D eigenvalue weighted by Crippen LogP contribution is -2.44. The number of likely N-dealkylation sites (tertiary alicyclic amines) is 1. The topological polar surface area (TPSA) is 40.5 Å². The van der Waals surface area contributed by atoms with Crippen molar-refractivity contribution in [3.05, 3.63) is 0 Å². The minimum Gasteiger partial charge on any atom is -0.481 e. The maximum Gasteiger partial charge on any atom is 0.304 e. The highest BCUT2D eigenvalue weighted by Crippen LogP contribution is 2.24. The zero-order valence-electron chi connectivity index (χ0n) is 9.36. The van der Waals surface area contributed by atoms with Gasteiger partial charge in [-0.25, -0.2) is 0 Å². The first kappa shape index (κ1) is 11.5. The number of carboxylic acids is 1. The van der Waals surface area contributed by atoms with Crippen molar-refractivity contribution in [2.45, 2.75) is 39.7 Å². The Hall–Kier alpha value is -0.570. The SMILES string of the molecule is CC1CCN(C(C)CC(=O)O)CC1C. The average molecular weight is 199 g/mol.